The smallest absolute Gasteiger partial charge is 0.264 e. The van der Waals surface area contributed by atoms with Gasteiger partial charge in [0.15, 0.2) is 0 Å². The van der Waals surface area contributed by atoms with Crippen LogP contribution in [0.25, 0.3) is 0 Å². The summed E-state index contributed by atoms with van der Waals surface area (Å²) in [6.07, 6.45) is 3.32. The van der Waals surface area contributed by atoms with Crippen molar-refractivity contribution in [2.75, 3.05) is 4.31 Å². The Labute approximate surface area is 200 Å². The molecule has 0 unspecified atom stereocenters. The lowest BCUT2D eigenvalue weighted by Gasteiger charge is -2.26. The number of hydrogen-bond donors (Lipinski definition) is 1. The zero-order chi connectivity index (χ0) is 24.0. The number of hydrogen-bond acceptors (Lipinski definition) is 4. The first kappa shape index (κ1) is 23.2. The maximum Gasteiger partial charge on any atom is 0.264 e. The molecule has 1 N–H and O–H groups in total. The third-order valence-electron chi connectivity index (χ3n) is 5.40. The number of carbonyl (C=O) groups excluding carboxylic acids is 1. The summed E-state index contributed by atoms with van der Waals surface area (Å²) < 4.78 is 28.9. The number of benzene rings is 3. The maximum absolute atomic E-state index is 13.8. The van der Waals surface area contributed by atoms with E-state index < -0.39 is 10.0 Å². The fraction of sp³-hybridized carbons (Fsp3) is 0.111. The van der Waals surface area contributed by atoms with Crippen LogP contribution in [0, 0.1) is 6.92 Å². The van der Waals surface area contributed by atoms with Gasteiger partial charge in [0.1, 0.15) is 0 Å². The van der Waals surface area contributed by atoms with Gasteiger partial charge in [0, 0.05) is 18.9 Å². The molecule has 0 aliphatic heterocycles. The number of aromatic nitrogens is 1. The number of nitrogens with one attached hydrogen (secondary N) is 1. The molecule has 0 saturated heterocycles. The van der Waals surface area contributed by atoms with Crippen molar-refractivity contribution in [2.24, 2.45) is 0 Å². The molecule has 7 heteroatoms. The van der Waals surface area contributed by atoms with Crippen molar-refractivity contribution < 1.29 is 13.2 Å². The standard InChI is InChI=1S/C27H25N3O3S/c1-21-11-13-24(14-12-21)34(32,33)30(20-23-7-3-2-4-8-23)26-10-6-5-9-25(26)27(31)29-19-22-15-17-28-18-16-22/h2-18H,19-20H2,1H3,(H,29,31). The number of rotatable bonds is 8. The Bertz CT molecular complexity index is 1360. The van der Waals surface area contributed by atoms with E-state index in [1.807, 2.05) is 49.4 Å². The fourth-order valence-corrected chi connectivity index (χ4v) is 5.02. The lowest BCUT2D eigenvalue weighted by atomic mass is 10.1. The Morgan fingerprint density at radius 3 is 2.18 bits per heavy atom. The van der Waals surface area contributed by atoms with E-state index in [0.717, 1.165) is 16.7 Å². The third-order valence-corrected chi connectivity index (χ3v) is 7.17. The molecule has 0 spiro atoms. The molecule has 0 aliphatic carbocycles. The Balaban J connectivity index is 1.73. The number of para-hydroxylation sites is 1. The SMILES string of the molecule is Cc1ccc(S(=O)(=O)N(Cc2ccccc2)c2ccccc2C(=O)NCc2ccncc2)cc1. The van der Waals surface area contributed by atoms with Crippen LogP contribution >= 0.6 is 0 Å². The summed E-state index contributed by atoms with van der Waals surface area (Å²) in [7, 11) is -3.95. The number of amides is 1. The molecule has 1 heterocycles. The van der Waals surface area contributed by atoms with Crippen molar-refractivity contribution in [2.45, 2.75) is 24.9 Å². The average Bonchev–Trinajstić information content (AvgIpc) is 2.87. The molecule has 1 amide bonds. The predicted octanol–water partition coefficient (Wildman–Crippen LogP) is 4.72. The molecule has 1 aromatic heterocycles. The van der Waals surface area contributed by atoms with Crippen LogP contribution in [0.15, 0.2) is 108 Å². The zero-order valence-corrected chi connectivity index (χ0v) is 19.6. The second-order valence-electron chi connectivity index (χ2n) is 7.87. The van der Waals surface area contributed by atoms with E-state index in [1.165, 1.54) is 4.31 Å². The molecule has 0 saturated carbocycles. The minimum absolute atomic E-state index is 0.0890. The van der Waals surface area contributed by atoms with Crippen molar-refractivity contribution in [3.8, 4) is 0 Å². The van der Waals surface area contributed by atoms with Crippen molar-refractivity contribution >= 4 is 21.6 Å². The van der Waals surface area contributed by atoms with Gasteiger partial charge in [0.05, 0.1) is 22.7 Å². The third kappa shape index (κ3) is 5.32. The lowest BCUT2D eigenvalue weighted by molar-refractivity contribution is 0.0951. The molecule has 0 atom stereocenters. The predicted molar refractivity (Wildman–Crippen MR) is 133 cm³/mol. The normalized spacial score (nSPS) is 11.1. The largest absolute Gasteiger partial charge is 0.348 e. The lowest BCUT2D eigenvalue weighted by Crippen LogP contribution is -2.33. The van der Waals surface area contributed by atoms with Crippen LogP contribution in [-0.2, 0) is 23.1 Å². The van der Waals surface area contributed by atoms with E-state index in [4.69, 9.17) is 0 Å². The summed E-state index contributed by atoms with van der Waals surface area (Å²) in [6.45, 7) is 2.30. The zero-order valence-electron chi connectivity index (χ0n) is 18.8. The van der Waals surface area contributed by atoms with Gasteiger partial charge in [-0.25, -0.2) is 8.42 Å². The summed E-state index contributed by atoms with van der Waals surface area (Å²) >= 11 is 0. The number of anilines is 1. The highest BCUT2D eigenvalue weighted by molar-refractivity contribution is 7.92. The quantitative estimate of drug-likeness (QED) is 0.403. The average molecular weight is 472 g/mol. The monoisotopic (exact) mass is 471 g/mol. The number of nitrogens with zero attached hydrogens (tertiary/aromatic N) is 2. The van der Waals surface area contributed by atoms with Crippen molar-refractivity contribution in [1.82, 2.24) is 10.3 Å². The van der Waals surface area contributed by atoms with Crippen LogP contribution in [-0.4, -0.2) is 19.3 Å². The number of sulfonamides is 1. The van der Waals surface area contributed by atoms with Crippen LogP contribution in [0.5, 0.6) is 0 Å². The summed E-state index contributed by atoms with van der Waals surface area (Å²) in [4.78, 5) is 17.3. The van der Waals surface area contributed by atoms with Gasteiger partial charge in [-0.1, -0.05) is 60.2 Å². The molecule has 6 nitrogen and oxygen atoms in total. The van der Waals surface area contributed by atoms with Gasteiger partial charge < -0.3 is 5.32 Å². The molecule has 0 bridgehead atoms. The fourth-order valence-electron chi connectivity index (χ4n) is 3.55. The second-order valence-corrected chi connectivity index (χ2v) is 9.73. The Hall–Kier alpha value is -3.97. The van der Waals surface area contributed by atoms with E-state index in [-0.39, 0.29) is 22.9 Å². The van der Waals surface area contributed by atoms with Crippen LogP contribution in [0.4, 0.5) is 5.69 Å². The molecular weight excluding hydrogens is 446 g/mol. The van der Waals surface area contributed by atoms with Crippen molar-refractivity contribution in [1.29, 1.82) is 0 Å². The molecule has 0 radical (unpaired) electrons. The molecule has 0 aliphatic rings. The van der Waals surface area contributed by atoms with E-state index in [0.29, 0.717) is 12.2 Å². The molecule has 0 fully saturated rings. The second kappa shape index (κ2) is 10.3. The highest BCUT2D eigenvalue weighted by Crippen LogP contribution is 2.29. The van der Waals surface area contributed by atoms with Gasteiger partial charge in [0.2, 0.25) is 0 Å². The number of carbonyl (C=O) groups is 1. The summed E-state index contributed by atoms with van der Waals surface area (Å²) in [5.74, 6) is -0.357. The van der Waals surface area contributed by atoms with Gasteiger partial charge in [-0.15, -0.1) is 0 Å². The van der Waals surface area contributed by atoms with Crippen LogP contribution in [0.3, 0.4) is 0 Å². The van der Waals surface area contributed by atoms with Gasteiger partial charge in [-0.05, 0) is 54.4 Å². The molecule has 172 valence electrons. The van der Waals surface area contributed by atoms with Crippen LogP contribution < -0.4 is 9.62 Å². The van der Waals surface area contributed by atoms with Crippen LogP contribution in [0.2, 0.25) is 0 Å². The molecule has 3 aromatic carbocycles. The summed E-state index contributed by atoms with van der Waals surface area (Å²) in [6, 6.07) is 26.4. The first-order valence-corrected chi connectivity index (χ1v) is 12.3. The van der Waals surface area contributed by atoms with Gasteiger partial charge >= 0.3 is 0 Å². The topological polar surface area (TPSA) is 79.4 Å². The highest BCUT2D eigenvalue weighted by Gasteiger charge is 2.28. The van der Waals surface area contributed by atoms with Gasteiger partial charge in [-0.2, -0.15) is 0 Å². The van der Waals surface area contributed by atoms with E-state index >= 15 is 0 Å². The van der Waals surface area contributed by atoms with Crippen LogP contribution in [0.1, 0.15) is 27.0 Å². The Kier molecular flexibility index (Phi) is 7.04. The first-order chi connectivity index (χ1) is 16.4. The van der Waals surface area contributed by atoms with Gasteiger partial charge in [0.25, 0.3) is 15.9 Å². The summed E-state index contributed by atoms with van der Waals surface area (Å²) in [5.41, 5.74) is 3.27. The van der Waals surface area contributed by atoms with Crippen molar-refractivity contribution in [3.05, 3.63) is 126 Å². The highest BCUT2D eigenvalue weighted by atomic mass is 32.2. The minimum atomic E-state index is -3.95. The Morgan fingerprint density at radius 1 is 0.824 bits per heavy atom. The van der Waals surface area contributed by atoms with E-state index in [9.17, 15) is 13.2 Å². The molecule has 34 heavy (non-hydrogen) atoms. The van der Waals surface area contributed by atoms with Gasteiger partial charge in [-0.3, -0.25) is 14.1 Å². The molecular formula is C27H25N3O3S. The Morgan fingerprint density at radius 2 is 1.47 bits per heavy atom. The maximum atomic E-state index is 13.8. The minimum Gasteiger partial charge on any atom is -0.348 e. The number of aryl methyl sites for hydroxylation is 1. The van der Waals surface area contributed by atoms with E-state index in [2.05, 4.69) is 10.3 Å². The molecule has 4 rings (SSSR count). The van der Waals surface area contributed by atoms with E-state index in [1.54, 1.807) is 60.9 Å². The molecule has 4 aromatic rings. The number of pyridine rings is 1. The summed E-state index contributed by atoms with van der Waals surface area (Å²) in [5, 5.41) is 2.88. The van der Waals surface area contributed by atoms with Crippen molar-refractivity contribution in [3.63, 3.8) is 0 Å². The first-order valence-electron chi connectivity index (χ1n) is 10.8.